The highest BCUT2D eigenvalue weighted by molar-refractivity contribution is 5.90. The van der Waals surface area contributed by atoms with Crippen LogP contribution >= 0.6 is 0 Å². The Morgan fingerprint density at radius 3 is 2.60 bits per heavy atom. The third-order valence-corrected chi connectivity index (χ3v) is 1.98. The Hall–Kier alpha value is -1.52. The van der Waals surface area contributed by atoms with E-state index in [1.54, 1.807) is 19.9 Å². The van der Waals surface area contributed by atoms with Crippen LogP contribution in [0.25, 0.3) is 0 Å². The molecule has 0 bridgehead atoms. The molecule has 1 amide bonds. The molecule has 84 valence electrons. The van der Waals surface area contributed by atoms with Crippen molar-refractivity contribution in [3.8, 4) is 0 Å². The molecule has 0 aliphatic carbocycles. The Balaban J connectivity index is 2.43. The number of carbonyl (C=O) groups excluding carboxylic acids is 2. The van der Waals surface area contributed by atoms with Gasteiger partial charge in [0.1, 0.15) is 0 Å². The van der Waals surface area contributed by atoms with Crippen LogP contribution in [-0.4, -0.2) is 43.3 Å². The van der Waals surface area contributed by atoms with Crippen LogP contribution in [0.3, 0.4) is 0 Å². The predicted octanol–water partition coefficient (Wildman–Crippen LogP) is 0.948. The first-order valence-corrected chi connectivity index (χ1v) is 4.96. The maximum absolute atomic E-state index is 11.3. The van der Waals surface area contributed by atoms with Gasteiger partial charge in [0.15, 0.2) is 0 Å². The van der Waals surface area contributed by atoms with Crippen LogP contribution in [0.5, 0.6) is 0 Å². The van der Waals surface area contributed by atoms with Crippen LogP contribution in [0.15, 0.2) is 11.6 Å². The average Bonchev–Trinajstić information content (AvgIpc) is 2.67. The first kappa shape index (κ1) is 11.6. The molecule has 0 saturated carbocycles. The van der Waals surface area contributed by atoms with Crippen LogP contribution in [0.2, 0.25) is 0 Å². The Bertz CT molecular complexity index is 285. The highest BCUT2D eigenvalue weighted by Gasteiger charge is 2.24. The molecule has 1 rings (SSSR count). The van der Waals surface area contributed by atoms with E-state index in [1.807, 2.05) is 0 Å². The van der Waals surface area contributed by atoms with Crippen molar-refractivity contribution in [3.63, 3.8) is 0 Å². The molecular formula is C10H15NO4. The summed E-state index contributed by atoms with van der Waals surface area (Å²) in [5.41, 5.74) is 0.518. The van der Waals surface area contributed by atoms with Crippen LogP contribution in [0.1, 0.15) is 13.8 Å². The van der Waals surface area contributed by atoms with Crippen molar-refractivity contribution in [2.75, 3.05) is 26.3 Å². The largest absolute Gasteiger partial charge is 0.463 e. The van der Waals surface area contributed by atoms with Gasteiger partial charge in [-0.2, -0.15) is 0 Å². The van der Waals surface area contributed by atoms with Crippen molar-refractivity contribution in [2.24, 2.45) is 0 Å². The van der Waals surface area contributed by atoms with Crippen molar-refractivity contribution < 1.29 is 19.1 Å². The summed E-state index contributed by atoms with van der Waals surface area (Å²) in [4.78, 5) is 24.0. The molecule has 0 N–H and O–H groups in total. The summed E-state index contributed by atoms with van der Waals surface area (Å²) in [6, 6.07) is 0. The Morgan fingerprint density at radius 1 is 1.33 bits per heavy atom. The topological polar surface area (TPSA) is 55.8 Å². The standard InChI is InChI=1S/C10H15NO4/c1-3-14-9(12)8-5-6-11(7-8)10(13)15-4-2/h5H,3-4,6-7H2,1-2H3. The molecule has 0 aromatic heterocycles. The van der Waals surface area contributed by atoms with E-state index in [4.69, 9.17) is 9.47 Å². The molecule has 0 spiro atoms. The molecule has 1 aliphatic heterocycles. The lowest BCUT2D eigenvalue weighted by Gasteiger charge is -2.14. The second kappa shape index (κ2) is 5.38. The van der Waals surface area contributed by atoms with Gasteiger partial charge in [0.05, 0.1) is 25.3 Å². The minimum Gasteiger partial charge on any atom is -0.463 e. The summed E-state index contributed by atoms with van der Waals surface area (Å²) in [6.07, 6.45) is 1.29. The third-order valence-electron chi connectivity index (χ3n) is 1.98. The number of nitrogens with zero attached hydrogens (tertiary/aromatic N) is 1. The van der Waals surface area contributed by atoms with E-state index in [9.17, 15) is 9.59 Å². The van der Waals surface area contributed by atoms with E-state index in [0.29, 0.717) is 25.3 Å². The second-order valence-corrected chi connectivity index (χ2v) is 3.03. The number of amides is 1. The summed E-state index contributed by atoms with van der Waals surface area (Å²) < 4.78 is 9.64. The van der Waals surface area contributed by atoms with E-state index in [0.717, 1.165) is 0 Å². The zero-order valence-electron chi connectivity index (χ0n) is 8.99. The summed E-state index contributed by atoms with van der Waals surface area (Å²) in [6.45, 7) is 4.86. The van der Waals surface area contributed by atoms with Crippen LogP contribution < -0.4 is 0 Å². The normalized spacial score (nSPS) is 14.8. The van der Waals surface area contributed by atoms with Crippen LogP contribution in [-0.2, 0) is 14.3 Å². The molecule has 0 saturated heterocycles. The minimum atomic E-state index is -0.395. The number of hydrogen-bond acceptors (Lipinski definition) is 4. The number of hydrogen-bond donors (Lipinski definition) is 0. The molecule has 0 radical (unpaired) electrons. The van der Waals surface area contributed by atoms with Gasteiger partial charge in [-0.15, -0.1) is 0 Å². The zero-order chi connectivity index (χ0) is 11.3. The predicted molar refractivity (Wildman–Crippen MR) is 53.3 cm³/mol. The van der Waals surface area contributed by atoms with Crippen molar-refractivity contribution in [1.29, 1.82) is 0 Å². The molecule has 0 aromatic carbocycles. The second-order valence-electron chi connectivity index (χ2n) is 3.03. The third kappa shape index (κ3) is 2.97. The van der Waals surface area contributed by atoms with Gasteiger partial charge in [-0.1, -0.05) is 6.08 Å². The summed E-state index contributed by atoms with van der Waals surface area (Å²) in [7, 11) is 0. The highest BCUT2D eigenvalue weighted by atomic mass is 16.6. The fourth-order valence-electron chi connectivity index (χ4n) is 1.28. The Morgan fingerprint density at radius 2 is 2.00 bits per heavy atom. The molecule has 1 heterocycles. The molecule has 0 atom stereocenters. The first-order chi connectivity index (χ1) is 7.19. The van der Waals surface area contributed by atoms with Gasteiger partial charge in [0, 0.05) is 6.54 Å². The van der Waals surface area contributed by atoms with Crippen LogP contribution in [0.4, 0.5) is 4.79 Å². The van der Waals surface area contributed by atoms with Gasteiger partial charge >= 0.3 is 12.1 Å². The molecule has 0 unspecified atom stereocenters. The summed E-state index contributed by atoms with van der Waals surface area (Å²) in [5.74, 6) is -0.357. The molecular weight excluding hydrogens is 198 g/mol. The first-order valence-electron chi connectivity index (χ1n) is 4.96. The van der Waals surface area contributed by atoms with Gasteiger partial charge in [-0.25, -0.2) is 9.59 Å². The van der Waals surface area contributed by atoms with E-state index in [1.165, 1.54) is 4.90 Å². The monoisotopic (exact) mass is 213 g/mol. The molecule has 5 heteroatoms. The zero-order valence-corrected chi connectivity index (χ0v) is 8.99. The SMILES string of the molecule is CCOC(=O)C1=CCN(C(=O)OCC)C1. The fourth-order valence-corrected chi connectivity index (χ4v) is 1.28. The van der Waals surface area contributed by atoms with Crippen molar-refractivity contribution >= 4 is 12.1 Å². The van der Waals surface area contributed by atoms with Gasteiger partial charge < -0.3 is 9.47 Å². The quantitative estimate of drug-likeness (QED) is 0.655. The molecule has 0 aromatic rings. The number of ether oxygens (including phenoxy) is 2. The number of carbonyl (C=O) groups is 2. The van der Waals surface area contributed by atoms with Gasteiger partial charge in [-0.3, -0.25) is 4.90 Å². The van der Waals surface area contributed by atoms with Crippen molar-refractivity contribution in [3.05, 3.63) is 11.6 Å². The summed E-state index contributed by atoms with van der Waals surface area (Å²) >= 11 is 0. The number of rotatable bonds is 3. The maximum atomic E-state index is 11.3. The fraction of sp³-hybridized carbons (Fsp3) is 0.600. The maximum Gasteiger partial charge on any atom is 0.410 e. The van der Waals surface area contributed by atoms with Crippen molar-refractivity contribution in [2.45, 2.75) is 13.8 Å². The van der Waals surface area contributed by atoms with E-state index >= 15 is 0 Å². The summed E-state index contributed by atoms with van der Waals surface area (Å²) in [5, 5.41) is 0. The number of esters is 1. The Labute approximate surface area is 88.6 Å². The minimum absolute atomic E-state index is 0.275. The average molecular weight is 213 g/mol. The molecule has 15 heavy (non-hydrogen) atoms. The highest BCUT2D eigenvalue weighted by Crippen LogP contribution is 2.11. The van der Waals surface area contributed by atoms with E-state index in [2.05, 4.69) is 0 Å². The molecule has 5 nitrogen and oxygen atoms in total. The Kier molecular flexibility index (Phi) is 4.15. The smallest absolute Gasteiger partial charge is 0.410 e. The lowest BCUT2D eigenvalue weighted by atomic mass is 10.3. The van der Waals surface area contributed by atoms with Crippen LogP contribution in [0, 0.1) is 0 Å². The lowest BCUT2D eigenvalue weighted by Crippen LogP contribution is -2.30. The van der Waals surface area contributed by atoms with Gasteiger partial charge in [0.2, 0.25) is 0 Å². The van der Waals surface area contributed by atoms with E-state index < -0.39 is 6.09 Å². The molecule has 1 aliphatic rings. The van der Waals surface area contributed by atoms with E-state index in [-0.39, 0.29) is 12.5 Å². The van der Waals surface area contributed by atoms with Gasteiger partial charge in [-0.05, 0) is 13.8 Å². The lowest BCUT2D eigenvalue weighted by molar-refractivity contribution is -0.138. The van der Waals surface area contributed by atoms with Crippen molar-refractivity contribution in [1.82, 2.24) is 4.90 Å². The molecule has 0 fully saturated rings. The van der Waals surface area contributed by atoms with Gasteiger partial charge in [0.25, 0.3) is 0 Å².